The molecule has 0 spiro atoms. The Morgan fingerprint density at radius 1 is 0.848 bits per heavy atom. The van der Waals surface area contributed by atoms with Gasteiger partial charge in [0.2, 0.25) is 0 Å². The summed E-state index contributed by atoms with van der Waals surface area (Å²) in [6.07, 6.45) is 3.61. The monoisotopic (exact) mass is 674 g/mol. The Bertz CT molecular complexity index is 1280. The van der Waals surface area contributed by atoms with Gasteiger partial charge in [0.25, 0.3) is 0 Å². The third kappa shape index (κ3) is 8.18. The van der Waals surface area contributed by atoms with Crippen LogP contribution in [-0.2, 0) is 0 Å². The lowest BCUT2D eigenvalue weighted by molar-refractivity contribution is 0.582. The van der Waals surface area contributed by atoms with Crippen LogP contribution in [0.5, 0.6) is 0 Å². The van der Waals surface area contributed by atoms with E-state index in [9.17, 15) is 13.2 Å². The van der Waals surface area contributed by atoms with Crippen molar-refractivity contribution in [3.63, 3.8) is 0 Å². The van der Waals surface area contributed by atoms with Crippen molar-refractivity contribution in [1.82, 2.24) is 20.0 Å². The summed E-state index contributed by atoms with van der Waals surface area (Å²) in [5, 5.41) is 27.8. The van der Waals surface area contributed by atoms with E-state index in [0.29, 0.717) is 5.69 Å². The van der Waals surface area contributed by atoms with Crippen LogP contribution >= 0.6 is 45.2 Å². The second-order valence-corrected chi connectivity index (χ2v) is 8.59. The van der Waals surface area contributed by atoms with E-state index in [4.69, 9.17) is 10.5 Å². The van der Waals surface area contributed by atoms with Gasteiger partial charge < -0.3 is 0 Å². The van der Waals surface area contributed by atoms with Crippen LogP contribution in [0, 0.1) is 61.4 Å². The average molecular weight is 674 g/mol. The topological polar surface area (TPSA) is 94.1 Å². The SMILES string of the molecule is Cc1cn(-c2cc(F)cc(C#N)c2)nc1I.Cc1cn[nH]c1I.N#Cc1cc(F)cc(F)c1. The molecule has 0 radical (unpaired) electrons. The van der Waals surface area contributed by atoms with Crippen molar-refractivity contribution in [3.05, 3.63) is 95.9 Å². The zero-order chi connectivity index (χ0) is 24.5. The summed E-state index contributed by atoms with van der Waals surface area (Å²) >= 11 is 4.31. The first-order valence-electron chi connectivity index (χ1n) is 9.07. The van der Waals surface area contributed by atoms with Crippen molar-refractivity contribution < 1.29 is 13.2 Å². The highest BCUT2D eigenvalue weighted by Crippen LogP contribution is 2.16. The lowest BCUT2D eigenvalue weighted by Crippen LogP contribution is -1.96. The molecular formula is C22H15F3I2N6. The predicted molar refractivity (Wildman–Crippen MR) is 133 cm³/mol. The number of rotatable bonds is 1. The molecule has 2 heterocycles. The van der Waals surface area contributed by atoms with Crippen LogP contribution in [0.1, 0.15) is 22.3 Å². The zero-order valence-electron chi connectivity index (χ0n) is 17.2. The normalized spacial score (nSPS) is 9.61. The average Bonchev–Trinajstić information content (AvgIpc) is 3.31. The Kier molecular flexibility index (Phi) is 9.87. The van der Waals surface area contributed by atoms with Gasteiger partial charge in [-0.25, -0.2) is 17.9 Å². The summed E-state index contributed by atoms with van der Waals surface area (Å²) < 4.78 is 41.2. The Hall–Kier alpha value is -2.91. The number of hydrogen-bond donors (Lipinski definition) is 1. The number of H-pyrrole nitrogens is 1. The van der Waals surface area contributed by atoms with Gasteiger partial charge in [0.1, 0.15) is 21.2 Å². The standard InChI is InChI=1S/C11H7FIN3.C7H3F2N.C4H5IN2/c1-7-6-16(15-11(7)13)10-3-8(5-14)2-9(12)4-10;8-6-1-5(4-10)2-7(9)3-6;1-3-2-6-7-4(3)5/h2-4,6H,1H3;1-3H;2H,1H3,(H,6,7). The van der Waals surface area contributed by atoms with Crippen LogP contribution in [0.3, 0.4) is 0 Å². The van der Waals surface area contributed by atoms with Crippen molar-refractivity contribution in [2.45, 2.75) is 13.8 Å². The van der Waals surface area contributed by atoms with Crippen molar-refractivity contribution >= 4 is 45.2 Å². The van der Waals surface area contributed by atoms with E-state index in [1.807, 2.05) is 26.1 Å². The Morgan fingerprint density at radius 2 is 1.39 bits per heavy atom. The van der Waals surface area contributed by atoms with Gasteiger partial charge in [-0.15, -0.1) is 0 Å². The molecule has 6 nitrogen and oxygen atoms in total. The number of aryl methyl sites for hydroxylation is 2. The van der Waals surface area contributed by atoms with E-state index >= 15 is 0 Å². The molecule has 0 saturated carbocycles. The fourth-order valence-corrected chi connectivity index (χ4v) is 2.94. The Balaban J connectivity index is 0.000000193. The van der Waals surface area contributed by atoms with Gasteiger partial charge in [-0.1, -0.05) is 0 Å². The molecule has 0 aliphatic rings. The van der Waals surface area contributed by atoms with Gasteiger partial charge in [-0.05, 0) is 89.4 Å². The van der Waals surface area contributed by atoms with E-state index in [2.05, 4.69) is 60.5 Å². The van der Waals surface area contributed by atoms with Gasteiger partial charge in [-0.3, -0.25) is 5.10 Å². The predicted octanol–water partition coefficient (Wildman–Crippen LogP) is 5.96. The highest BCUT2D eigenvalue weighted by molar-refractivity contribution is 14.1. The molecule has 0 amide bonds. The first-order chi connectivity index (χ1) is 15.6. The second-order valence-electron chi connectivity index (χ2n) is 6.49. The van der Waals surface area contributed by atoms with Gasteiger partial charge >= 0.3 is 0 Å². The molecule has 4 rings (SSSR count). The summed E-state index contributed by atoms with van der Waals surface area (Å²) in [5.41, 5.74) is 3.07. The number of nitrogens with one attached hydrogen (secondary N) is 1. The van der Waals surface area contributed by atoms with Gasteiger partial charge in [0, 0.05) is 23.4 Å². The molecule has 11 heteroatoms. The van der Waals surface area contributed by atoms with Crippen LogP contribution in [0.2, 0.25) is 0 Å². The van der Waals surface area contributed by atoms with Gasteiger partial charge in [0.15, 0.2) is 0 Å². The number of aromatic amines is 1. The van der Waals surface area contributed by atoms with Crippen LogP contribution in [0.15, 0.2) is 48.8 Å². The minimum atomic E-state index is -0.725. The molecule has 2 aromatic carbocycles. The Morgan fingerprint density at radius 3 is 1.79 bits per heavy atom. The quantitative estimate of drug-likeness (QED) is 0.253. The van der Waals surface area contributed by atoms with Crippen LogP contribution in [0.25, 0.3) is 5.69 Å². The molecule has 0 aliphatic heterocycles. The van der Waals surface area contributed by atoms with Crippen molar-refractivity contribution in [2.75, 3.05) is 0 Å². The number of aromatic nitrogens is 4. The Labute approximate surface area is 215 Å². The summed E-state index contributed by atoms with van der Waals surface area (Å²) in [6, 6.07) is 10.4. The fraction of sp³-hybridized carbons (Fsp3) is 0.0909. The molecule has 2 aromatic heterocycles. The third-order valence-electron chi connectivity index (χ3n) is 3.87. The number of benzene rings is 2. The largest absolute Gasteiger partial charge is 0.272 e. The molecule has 0 bridgehead atoms. The van der Waals surface area contributed by atoms with Crippen molar-refractivity contribution in [3.8, 4) is 17.8 Å². The van der Waals surface area contributed by atoms with Gasteiger partial charge in [-0.2, -0.15) is 20.7 Å². The highest BCUT2D eigenvalue weighted by Gasteiger charge is 2.06. The molecule has 33 heavy (non-hydrogen) atoms. The zero-order valence-corrected chi connectivity index (χ0v) is 21.6. The van der Waals surface area contributed by atoms with Crippen LogP contribution < -0.4 is 0 Å². The molecule has 1 N–H and O–H groups in total. The summed E-state index contributed by atoms with van der Waals surface area (Å²) in [6.45, 7) is 3.95. The smallest absolute Gasteiger partial charge is 0.127 e. The minimum absolute atomic E-state index is 0.00231. The molecule has 0 aliphatic carbocycles. The molecule has 0 saturated heterocycles. The van der Waals surface area contributed by atoms with Crippen molar-refractivity contribution in [1.29, 1.82) is 10.5 Å². The lowest BCUT2D eigenvalue weighted by atomic mass is 10.2. The van der Waals surface area contributed by atoms with E-state index in [-0.39, 0.29) is 11.1 Å². The van der Waals surface area contributed by atoms with E-state index in [1.165, 1.54) is 17.7 Å². The molecule has 4 aromatic rings. The number of nitriles is 2. The maximum Gasteiger partial charge on any atom is 0.127 e. The third-order valence-corrected chi connectivity index (χ3v) is 6.03. The van der Waals surface area contributed by atoms with E-state index in [0.717, 1.165) is 31.2 Å². The fourth-order valence-electron chi connectivity index (χ4n) is 2.29. The summed E-state index contributed by atoms with van der Waals surface area (Å²) in [4.78, 5) is 0. The van der Waals surface area contributed by atoms with Crippen LogP contribution in [-0.4, -0.2) is 20.0 Å². The minimum Gasteiger partial charge on any atom is -0.272 e. The van der Waals surface area contributed by atoms with E-state index < -0.39 is 17.5 Å². The molecule has 0 fully saturated rings. The second kappa shape index (κ2) is 12.4. The lowest BCUT2D eigenvalue weighted by Gasteiger charge is -2.01. The first-order valence-corrected chi connectivity index (χ1v) is 11.2. The molecule has 168 valence electrons. The van der Waals surface area contributed by atoms with Crippen molar-refractivity contribution in [2.24, 2.45) is 0 Å². The highest BCUT2D eigenvalue weighted by atomic mass is 127. The summed E-state index contributed by atoms with van der Waals surface area (Å²) in [7, 11) is 0. The van der Waals surface area contributed by atoms with Crippen LogP contribution in [0.4, 0.5) is 13.2 Å². The number of halogens is 5. The molecule has 0 unspecified atom stereocenters. The maximum absolute atomic E-state index is 13.2. The summed E-state index contributed by atoms with van der Waals surface area (Å²) in [5.74, 6) is -1.88. The maximum atomic E-state index is 13.2. The van der Waals surface area contributed by atoms with Gasteiger partial charge in [0.05, 0.1) is 38.9 Å². The molecular weight excluding hydrogens is 659 g/mol. The number of nitrogens with zero attached hydrogens (tertiary/aromatic N) is 5. The first kappa shape index (κ1) is 26.3. The van der Waals surface area contributed by atoms with E-state index in [1.54, 1.807) is 23.0 Å². The number of hydrogen-bond acceptors (Lipinski definition) is 4. The molecule has 0 atom stereocenters.